The van der Waals surface area contributed by atoms with Crippen LogP contribution in [0, 0.1) is 20.8 Å². The van der Waals surface area contributed by atoms with Gasteiger partial charge in [0.1, 0.15) is 5.56 Å². The second-order valence-electron chi connectivity index (χ2n) is 4.88. The van der Waals surface area contributed by atoms with Crippen LogP contribution in [0.15, 0.2) is 6.07 Å². The van der Waals surface area contributed by atoms with Gasteiger partial charge in [-0.2, -0.15) is 5.10 Å². The average Bonchev–Trinajstić information content (AvgIpc) is 2.52. The molecule has 94 valence electrons. The largest absolute Gasteiger partial charge is 0.338 e. The maximum absolute atomic E-state index is 12.4. The van der Waals surface area contributed by atoms with Crippen molar-refractivity contribution in [2.75, 3.05) is 13.1 Å². The van der Waals surface area contributed by atoms with E-state index < -0.39 is 0 Å². The minimum Gasteiger partial charge on any atom is -0.338 e. The van der Waals surface area contributed by atoms with Gasteiger partial charge in [-0.25, -0.2) is 9.50 Å². The van der Waals surface area contributed by atoms with Crippen molar-refractivity contribution in [3.8, 4) is 0 Å². The summed E-state index contributed by atoms with van der Waals surface area (Å²) in [6.45, 7) is 7.48. The fourth-order valence-electron chi connectivity index (χ4n) is 2.35. The predicted octanol–water partition coefficient (Wildman–Crippen LogP) is 1.50. The summed E-state index contributed by atoms with van der Waals surface area (Å²) in [7, 11) is 0. The molecule has 0 unspecified atom stereocenters. The third kappa shape index (κ3) is 1.50. The quantitative estimate of drug-likeness (QED) is 0.764. The molecule has 5 nitrogen and oxygen atoms in total. The summed E-state index contributed by atoms with van der Waals surface area (Å²) in [6, 6.07) is 1.97. The van der Waals surface area contributed by atoms with Gasteiger partial charge in [-0.05, 0) is 33.3 Å². The minimum absolute atomic E-state index is 0.0613. The molecule has 1 amide bonds. The molecule has 0 aliphatic carbocycles. The first kappa shape index (κ1) is 11.2. The third-order valence-corrected chi connectivity index (χ3v) is 3.43. The number of aryl methyl sites for hydroxylation is 3. The number of hydrogen-bond acceptors (Lipinski definition) is 3. The Morgan fingerprint density at radius 2 is 2.00 bits per heavy atom. The molecule has 18 heavy (non-hydrogen) atoms. The van der Waals surface area contributed by atoms with Gasteiger partial charge in [-0.15, -0.1) is 0 Å². The maximum Gasteiger partial charge on any atom is 0.259 e. The zero-order valence-corrected chi connectivity index (χ0v) is 10.9. The van der Waals surface area contributed by atoms with Crippen LogP contribution in [-0.4, -0.2) is 38.5 Å². The summed E-state index contributed by atoms with van der Waals surface area (Å²) in [6.07, 6.45) is 1.09. The number of carbonyl (C=O) groups excluding carboxylic acids is 1. The topological polar surface area (TPSA) is 50.5 Å². The first-order valence-corrected chi connectivity index (χ1v) is 6.21. The minimum atomic E-state index is 0.0613. The Hall–Kier alpha value is -1.91. The Bertz CT molecular complexity index is 640. The van der Waals surface area contributed by atoms with Crippen molar-refractivity contribution >= 4 is 11.6 Å². The Kier molecular flexibility index (Phi) is 2.36. The number of fused-ring (bicyclic) bond motifs is 1. The summed E-state index contributed by atoms with van der Waals surface area (Å²) in [5, 5.41) is 4.42. The van der Waals surface area contributed by atoms with E-state index in [0.29, 0.717) is 11.2 Å². The molecule has 1 saturated heterocycles. The van der Waals surface area contributed by atoms with Crippen molar-refractivity contribution in [3.05, 3.63) is 28.7 Å². The Labute approximate surface area is 105 Å². The molecule has 1 aliphatic heterocycles. The molecule has 0 aromatic carbocycles. The SMILES string of the molecule is Cc1cc(C)n2nc(C)c(C(=O)N3CCC3)c2n1. The van der Waals surface area contributed by atoms with Crippen molar-refractivity contribution in [2.45, 2.75) is 27.2 Å². The number of nitrogens with zero attached hydrogens (tertiary/aromatic N) is 4. The number of amides is 1. The van der Waals surface area contributed by atoms with Gasteiger partial charge in [0, 0.05) is 24.5 Å². The van der Waals surface area contributed by atoms with Gasteiger partial charge in [0.15, 0.2) is 5.65 Å². The summed E-state index contributed by atoms with van der Waals surface area (Å²) in [5.41, 5.74) is 4.01. The van der Waals surface area contributed by atoms with E-state index in [0.717, 1.165) is 36.6 Å². The fraction of sp³-hybridized carbons (Fsp3) is 0.462. The highest BCUT2D eigenvalue weighted by atomic mass is 16.2. The van der Waals surface area contributed by atoms with Crippen molar-refractivity contribution in [1.82, 2.24) is 19.5 Å². The Morgan fingerprint density at radius 3 is 2.61 bits per heavy atom. The second kappa shape index (κ2) is 3.80. The maximum atomic E-state index is 12.4. The number of rotatable bonds is 1. The molecule has 0 radical (unpaired) electrons. The highest BCUT2D eigenvalue weighted by Crippen LogP contribution is 2.20. The molecule has 3 heterocycles. The van der Waals surface area contributed by atoms with E-state index >= 15 is 0 Å². The van der Waals surface area contributed by atoms with Crippen LogP contribution >= 0.6 is 0 Å². The van der Waals surface area contributed by atoms with Crippen LogP contribution in [0.2, 0.25) is 0 Å². The molecule has 0 spiro atoms. The zero-order valence-electron chi connectivity index (χ0n) is 10.9. The van der Waals surface area contributed by atoms with Gasteiger partial charge in [-0.1, -0.05) is 0 Å². The normalized spacial score (nSPS) is 14.9. The van der Waals surface area contributed by atoms with E-state index in [4.69, 9.17) is 0 Å². The number of carbonyl (C=O) groups is 1. The second-order valence-corrected chi connectivity index (χ2v) is 4.88. The Balaban J connectivity index is 2.21. The van der Waals surface area contributed by atoms with E-state index in [9.17, 15) is 4.79 Å². The van der Waals surface area contributed by atoms with Gasteiger partial charge in [-0.3, -0.25) is 4.79 Å². The first-order chi connectivity index (χ1) is 8.58. The standard InChI is InChI=1S/C13H16N4O/c1-8-7-9(2)17-12(14-8)11(10(3)15-17)13(18)16-5-4-6-16/h7H,4-6H2,1-3H3. The zero-order chi connectivity index (χ0) is 12.9. The molecule has 2 aromatic heterocycles. The summed E-state index contributed by atoms with van der Waals surface area (Å²) in [5.74, 6) is 0.0613. The van der Waals surface area contributed by atoms with Gasteiger partial charge in [0.2, 0.25) is 0 Å². The molecular formula is C13H16N4O. The van der Waals surface area contributed by atoms with Gasteiger partial charge in [0.05, 0.1) is 5.69 Å². The fourth-order valence-corrected chi connectivity index (χ4v) is 2.35. The highest BCUT2D eigenvalue weighted by molar-refractivity contribution is 6.01. The smallest absolute Gasteiger partial charge is 0.259 e. The Morgan fingerprint density at radius 1 is 1.28 bits per heavy atom. The number of likely N-dealkylation sites (tertiary alicyclic amines) is 1. The molecule has 2 aromatic rings. The molecule has 3 rings (SSSR count). The molecule has 1 fully saturated rings. The van der Waals surface area contributed by atoms with E-state index in [2.05, 4.69) is 10.1 Å². The lowest BCUT2D eigenvalue weighted by molar-refractivity contribution is 0.0653. The van der Waals surface area contributed by atoms with Gasteiger partial charge in [0.25, 0.3) is 5.91 Å². The van der Waals surface area contributed by atoms with Crippen LogP contribution in [0.25, 0.3) is 5.65 Å². The van der Waals surface area contributed by atoms with Crippen LogP contribution < -0.4 is 0 Å². The monoisotopic (exact) mass is 244 g/mol. The van der Waals surface area contributed by atoms with E-state index in [1.807, 2.05) is 31.7 Å². The van der Waals surface area contributed by atoms with Crippen molar-refractivity contribution < 1.29 is 4.79 Å². The lowest BCUT2D eigenvalue weighted by atomic mass is 10.1. The summed E-state index contributed by atoms with van der Waals surface area (Å²) in [4.78, 5) is 18.7. The van der Waals surface area contributed by atoms with Gasteiger partial charge < -0.3 is 4.90 Å². The number of aromatic nitrogens is 3. The highest BCUT2D eigenvalue weighted by Gasteiger charge is 2.27. The molecular weight excluding hydrogens is 228 g/mol. The molecule has 0 atom stereocenters. The van der Waals surface area contributed by atoms with Crippen molar-refractivity contribution in [2.24, 2.45) is 0 Å². The van der Waals surface area contributed by atoms with Crippen LogP contribution in [0.4, 0.5) is 0 Å². The van der Waals surface area contributed by atoms with Crippen molar-refractivity contribution in [1.29, 1.82) is 0 Å². The van der Waals surface area contributed by atoms with Crippen LogP contribution in [0.5, 0.6) is 0 Å². The van der Waals surface area contributed by atoms with Gasteiger partial charge >= 0.3 is 0 Å². The van der Waals surface area contributed by atoms with Crippen molar-refractivity contribution in [3.63, 3.8) is 0 Å². The van der Waals surface area contributed by atoms with E-state index in [-0.39, 0.29) is 5.91 Å². The summed E-state index contributed by atoms with van der Waals surface area (Å²) >= 11 is 0. The third-order valence-electron chi connectivity index (χ3n) is 3.43. The van der Waals surface area contributed by atoms with Crippen LogP contribution in [0.1, 0.15) is 33.9 Å². The van der Waals surface area contributed by atoms with Crippen LogP contribution in [0.3, 0.4) is 0 Å². The molecule has 1 aliphatic rings. The lowest BCUT2D eigenvalue weighted by Gasteiger charge is -2.30. The summed E-state index contributed by atoms with van der Waals surface area (Å²) < 4.78 is 1.76. The van der Waals surface area contributed by atoms with E-state index in [1.54, 1.807) is 4.52 Å². The average molecular weight is 244 g/mol. The molecule has 0 bridgehead atoms. The van der Waals surface area contributed by atoms with Crippen LogP contribution in [-0.2, 0) is 0 Å². The molecule has 0 saturated carbocycles. The molecule has 5 heteroatoms. The molecule has 0 N–H and O–H groups in total. The lowest BCUT2D eigenvalue weighted by Crippen LogP contribution is -2.42. The number of hydrogen-bond donors (Lipinski definition) is 0. The van der Waals surface area contributed by atoms with E-state index in [1.165, 1.54) is 0 Å². The predicted molar refractivity (Wildman–Crippen MR) is 67.7 cm³/mol. The first-order valence-electron chi connectivity index (χ1n) is 6.21.